The number of pyridine rings is 1. The Morgan fingerprint density at radius 2 is 2.16 bits per heavy atom. The van der Waals surface area contributed by atoms with Crippen LogP contribution in [0.3, 0.4) is 0 Å². The molecule has 8 heteroatoms. The topological polar surface area (TPSA) is 85.3 Å². The molecule has 0 radical (unpaired) electrons. The molecular formula is C11H8ClN5O2. The number of carboxylic acids is 1. The van der Waals surface area contributed by atoms with E-state index in [1.165, 1.54) is 10.9 Å². The summed E-state index contributed by atoms with van der Waals surface area (Å²) >= 11 is 5.88. The van der Waals surface area contributed by atoms with Gasteiger partial charge in [-0.3, -0.25) is 0 Å². The lowest BCUT2D eigenvalue weighted by Crippen LogP contribution is -2.00. The van der Waals surface area contributed by atoms with Gasteiger partial charge in [0.1, 0.15) is 5.65 Å². The third-order valence-electron chi connectivity index (χ3n) is 2.55. The normalized spacial score (nSPS) is 11.0. The minimum Gasteiger partial charge on any atom is -0.476 e. The van der Waals surface area contributed by atoms with Crippen LogP contribution < -0.4 is 0 Å². The molecule has 7 nitrogen and oxygen atoms in total. The fourth-order valence-electron chi connectivity index (χ4n) is 1.73. The lowest BCUT2D eigenvalue weighted by Gasteiger charge is -1.93. The molecule has 0 bridgehead atoms. The third-order valence-corrected chi connectivity index (χ3v) is 2.77. The summed E-state index contributed by atoms with van der Waals surface area (Å²) in [5.74, 6) is -1.10. The first-order chi connectivity index (χ1) is 9.11. The van der Waals surface area contributed by atoms with E-state index in [2.05, 4.69) is 15.3 Å². The van der Waals surface area contributed by atoms with Crippen LogP contribution in [0.15, 0.2) is 30.7 Å². The fraction of sp³-hybridized carbons (Fsp3) is 0.0909. The number of carbonyl (C=O) groups is 1. The monoisotopic (exact) mass is 277 g/mol. The number of aromatic carboxylic acids is 1. The molecule has 3 heterocycles. The van der Waals surface area contributed by atoms with Gasteiger partial charge in [0.05, 0.1) is 23.5 Å². The fourth-order valence-corrected chi connectivity index (χ4v) is 1.90. The number of hydrogen-bond acceptors (Lipinski definition) is 4. The summed E-state index contributed by atoms with van der Waals surface area (Å²) in [5.41, 5.74) is 1.41. The van der Waals surface area contributed by atoms with E-state index in [0.717, 1.165) is 11.3 Å². The van der Waals surface area contributed by atoms with Gasteiger partial charge in [-0.1, -0.05) is 16.8 Å². The van der Waals surface area contributed by atoms with E-state index in [4.69, 9.17) is 16.7 Å². The zero-order chi connectivity index (χ0) is 13.4. The van der Waals surface area contributed by atoms with Crippen molar-refractivity contribution in [1.82, 2.24) is 24.4 Å². The van der Waals surface area contributed by atoms with Crippen LogP contribution in [0.5, 0.6) is 0 Å². The lowest BCUT2D eigenvalue weighted by atomic mass is 10.4. The molecule has 0 aliphatic carbocycles. The van der Waals surface area contributed by atoms with Gasteiger partial charge < -0.3 is 9.51 Å². The van der Waals surface area contributed by atoms with Crippen LogP contribution in [0.2, 0.25) is 5.02 Å². The van der Waals surface area contributed by atoms with Crippen LogP contribution in [-0.4, -0.2) is 35.5 Å². The summed E-state index contributed by atoms with van der Waals surface area (Å²) in [6.07, 6.45) is 4.92. The highest BCUT2D eigenvalue weighted by atomic mass is 35.5. The summed E-state index contributed by atoms with van der Waals surface area (Å²) in [6.45, 7) is 0.347. The number of rotatable bonds is 3. The van der Waals surface area contributed by atoms with Crippen molar-refractivity contribution in [1.29, 1.82) is 0 Å². The standard InChI is InChI=1S/C11H8ClN5O2/c12-7-1-2-10-13-8(4-16(10)3-7)5-17-6-9(11(18)19)14-15-17/h1-4,6H,5H2,(H,18,19). The Morgan fingerprint density at radius 3 is 2.89 bits per heavy atom. The second kappa shape index (κ2) is 4.36. The van der Waals surface area contributed by atoms with Gasteiger partial charge in [-0.15, -0.1) is 5.10 Å². The number of carboxylic acid groups (broad SMARTS) is 1. The van der Waals surface area contributed by atoms with Gasteiger partial charge in [-0.25, -0.2) is 14.5 Å². The molecule has 1 N–H and O–H groups in total. The van der Waals surface area contributed by atoms with Crippen LogP contribution >= 0.6 is 11.6 Å². The first-order valence-electron chi connectivity index (χ1n) is 5.38. The second-order valence-electron chi connectivity index (χ2n) is 3.95. The van der Waals surface area contributed by atoms with Crippen molar-refractivity contribution in [2.45, 2.75) is 6.54 Å². The highest BCUT2D eigenvalue weighted by Crippen LogP contribution is 2.12. The zero-order valence-corrected chi connectivity index (χ0v) is 10.3. The molecule has 0 saturated heterocycles. The van der Waals surface area contributed by atoms with E-state index in [1.807, 2.05) is 6.20 Å². The average Bonchev–Trinajstić information content (AvgIpc) is 2.95. The minimum absolute atomic E-state index is 0.0909. The van der Waals surface area contributed by atoms with Crippen LogP contribution in [0.4, 0.5) is 0 Å². The van der Waals surface area contributed by atoms with Crippen molar-refractivity contribution in [3.05, 3.63) is 47.1 Å². The maximum Gasteiger partial charge on any atom is 0.358 e. The maximum absolute atomic E-state index is 10.7. The molecule has 0 atom stereocenters. The van der Waals surface area contributed by atoms with Crippen LogP contribution in [0, 0.1) is 0 Å². The Labute approximate surface area is 112 Å². The van der Waals surface area contributed by atoms with Gasteiger partial charge in [0.15, 0.2) is 5.69 Å². The molecular weight excluding hydrogens is 270 g/mol. The van der Waals surface area contributed by atoms with E-state index in [-0.39, 0.29) is 5.69 Å². The van der Waals surface area contributed by atoms with Crippen LogP contribution in [-0.2, 0) is 6.54 Å². The van der Waals surface area contributed by atoms with Gasteiger partial charge >= 0.3 is 5.97 Å². The SMILES string of the molecule is O=C(O)c1cn(Cc2cn3cc(Cl)ccc3n2)nn1. The molecule has 3 aromatic rings. The number of aromatic nitrogens is 5. The van der Waals surface area contributed by atoms with E-state index in [1.54, 1.807) is 22.7 Å². The molecule has 0 fully saturated rings. The highest BCUT2D eigenvalue weighted by molar-refractivity contribution is 6.30. The third kappa shape index (κ3) is 2.27. The van der Waals surface area contributed by atoms with Crippen LogP contribution in [0.25, 0.3) is 5.65 Å². The summed E-state index contributed by atoms with van der Waals surface area (Å²) in [6, 6.07) is 3.56. The van der Waals surface area contributed by atoms with Crippen molar-refractivity contribution in [3.63, 3.8) is 0 Å². The van der Waals surface area contributed by atoms with Gasteiger partial charge in [-0.2, -0.15) is 0 Å². The summed E-state index contributed by atoms with van der Waals surface area (Å²) in [7, 11) is 0. The molecule has 0 amide bonds. The first kappa shape index (κ1) is 11.7. The first-order valence-corrected chi connectivity index (χ1v) is 5.76. The molecule has 0 aliphatic rings. The molecule has 96 valence electrons. The van der Waals surface area contributed by atoms with E-state index >= 15 is 0 Å². The number of nitrogens with zero attached hydrogens (tertiary/aromatic N) is 5. The van der Waals surface area contributed by atoms with Crippen LogP contribution in [0.1, 0.15) is 16.2 Å². The molecule has 3 rings (SSSR count). The smallest absolute Gasteiger partial charge is 0.358 e. The molecule has 3 aromatic heterocycles. The number of fused-ring (bicyclic) bond motifs is 1. The Bertz CT molecular complexity index is 763. The Balaban J connectivity index is 1.89. The van der Waals surface area contributed by atoms with Gasteiger partial charge in [0.2, 0.25) is 0 Å². The van der Waals surface area contributed by atoms with Crippen molar-refractivity contribution < 1.29 is 9.90 Å². The Morgan fingerprint density at radius 1 is 1.32 bits per heavy atom. The Hall–Kier alpha value is -2.41. The van der Waals surface area contributed by atoms with Crippen molar-refractivity contribution in [3.8, 4) is 0 Å². The number of hydrogen-bond donors (Lipinski definition) is 1. The summed E-state index contributed by atoms with van der Waals surface area (Å²) in [5, 5.41) is 16.6. The van der Waals surface area contributed by atoms with E-state index in [0.29, 0.717) is 11.6 Å². The predicted octanol–water partition coefficient (Wildman–Crippen LogP) is 1.33. The molecule has 0 unspecified atom stereocenters. The highest BCUT2D eigenvalue weighted by Gasteiger charge is 2.09. The van der Waals surface area contributed by atoms with Crippen molar-refractivity contribution in [2.24, 2.45) is 0 Å². The quantitative estimate of drug-likeness (QED) is 0.780. The molecule has 0 aliphatic heterocycles. The number of halogens is 1. The van der Waals surface area contributed by atoms with Gasteiger partial charge in [0.25, 0.3) is 0 Å². The Kier molecular flexibility index (Phi) is 2.68. The largest absolute Gasteiger partial charge is 0.476 e. The maximum atomic E-state index is 10.7. The predicted molar refractivity (Wildman–Crippen MR) is 66.3 cm³/mol. The summed E-state index contributed by atoms with van der Waals surface area (Å²) in [4.78, 5) is 15.1. The lowest BCUT2D eigenvalue weighted by molar-refractivity contribution is 0.0690. The van der Waals surface area contributed by atoms with E-state index in [9.17, 15) is 4.79 Å². The molecule has 19 heavy (non-hydrogen) atoms. The van der Waals surface area contributed by atoms with Gasteiger partial charge in [0, 0.05) is 12.4 Å². The average molecular weight is 278 g/mol. The zero-order valence-electron chi connectivity index (χ0n) is 9.56. The second-order valence-corrected chi connectivity index (χ2v) is 4.39. The molecule has 0 aromatic carbocycles. The van der Waals surface area contributed by atoms with E-state index < -0.39 is 5.97 Å². The molecule has 0 saturated carbocycles. The van der Waals surface area contributed by atoms with Crippen molar-refractivity contribution in [2.75, 3.05) is 0 Å². The minimum atomic E-state index is -1.10. The summed E-state index contributed by atoms with van der Waals surface area (Å²) < 4.78 is 3.22. The molecule has 0 spiro atoms. The van der Waals surface area contributed by atoms with Gasteiger partial charge in [-0.05, 0) is 12.1 Å². The number of imidazole rings is 1. The van der Waals surface area contributed by atoms with Crippen molar-refractivity contribution >= 4 is 23.2 Å².